The number of fused-ring (bicyclic) bond motifs is 1. The second-order valence-corrected chi connectivity index (χ2v) is 6.89. The fourth-order valence-electron chi connectivity index (χ4n) is 3.03. The lowest BCUT2D eigenvalue weighted by molar-refractivity contribution is -0.385. The van der Waals surface area contributed by atoms with Gasteiger partial charge < -0.3 is 9.47 Å². The summed E-state index contributed by atoms with van der Waals surface area (Å²) in [5, 5.41) is 15.0. The van der Waals surface area contributed by atoms with Crippen molar-refractivity contribution in [2.45, 2.75) is 71.1 Å². The maximum absolute atomic E-state index is 11.8. The highest BCUT2D eigenvalue weighted by molar-refractivity contribution is 5.88. The molecule has 0 unspecified atom stereocenters. The molecule has 1 aromatic rings. The zero-order valence-corrected chi connectivity index (χ0v) is 16.4. The van der Waals surface area contributed by atoms with E-state index in [1.807, 2.05) is 0 Å². The number of nitro benzene ring substituents is 1. The van der Waals surface area contributed by atoms with Crippen LogP contribution in [0.1, 0.15) is 76.7 Å². The molecular formula is C20H29N3O5. The Morgan fingerprint density at radius 1 is 1.11 bits per heavy atom. The summed E-state index contributed by atoms with van der Waals surface area (Å²) in [5.41, 5.74) is 2.52. The van der Waals surface area contributed by atoms with Gasteiger partial charge in [0.05, 0.1) is 22.8 Å². The first kappa shape index (κ1) is 21.7. The van der Waals surface area contributed by atoms with Gasteiger partial charge in [0.15, 0.2) is 11.5 Å². The van der Waals surface area contributed by atoms with E-state index >= 15 is 0 Å². The summed E-state index contributed by atoms with van der Waals surface area (Å²) in [6.07, 6.45) is 12.3. The number of carbonyl (C=O) groups excluding carboxylic acids is 1. The molecule has 0 aliphatic carbocycles. The van der Waals surface area contributed by atoms with Crippen LogP contribution in [-0.2, 0) is 4.79 Å². The predicted molar refractivity (Wildman–Crippen MR) is 107 cm³/mol. The van der Waals surface area contributed by atoms with E-state index in [9.17, 15) is 14.9 Å². The third kappa shape index (κ3) is 7.17. The molecule has 1 aliphatic rings. The van der Waals surface area contributed by atoms with E-state index in [-0.39, 0.29) is 24.0 Å². The highest BCUT2D eigenvalue weighted by Gasteiger charge is 2.22. The number of nitrogens with one attached hydrogen (secondary N) is 1. The van der Waals surface area contributed by atoms with Crippen LogP contribution in [0.4, 0.5) is 5.69 Å². The summed E-state index contributed by atoms with van der Waals surface area (Å²) in [6.45, 7) is 2.24. The molecule has 2 rings (SSSR count). The van der Waals surface area contributed by atoms with Crippen LogP contribution in [0.25, 0.3) is 0 Å². The van der Waals surface area contributed by atoms with Crippen molar-refractivity contribution in [2.24, 2.45) is 5.10 Å². The van der Waals surface area contributed by atoms with Gasteiger partial charge in [0.2, 0.25) is 12.7 Å². The highest BCUT2D eigenvalue weighted by atomic mass is 16.7. The number of nitrogens with zero attached hydrogens (tertiary/aromatic N) is 2. The van der Waals surface area contributed by atoms with E-state index < -0.39 is 4.92 Å². The molecule has 0 saturated heterocycles. The second kappa shape index (κ2) is 11.9. The molecule has 1 aliphatic heterocycles. The lowest BCUT2D eigenvalue weighted by atomic mass is 10.1. The van der Waals surface area contributed by atoms with E-state index in [0.717, 1.165) is 19.3 Å². The van der Waals surface area contributed by atoms with Crippen LogP contribution >= 0.6 is 0 Å². The molecule has 0 saturated carbocycles. The first-order chi connectivity index (χ1) is 13.6. The van der Waals surface area contributed by atoms with Gasteiger partial charge in [-0.25, -0.2) is 5.43 Å². The van der Waals surface area contributed by atoms with Gasteiger partial charge in [0.1, 0.15) is 0 Å². The average molecular weight is 391 g/mol. The molecule has 0 bridgehead atoms. The third-order valence-corrected chi connectivity index (χ3v) is 4.62. The monoisotopic (exact) mass is 391 g/mol. The largest absolute Gasteiger partial charge is 0.454 e. The fraction of sp³-hybridized carbons (Fsp3) is 0.600. The predicted octanol–water partition coefficient (Wildman–Crippen LogP) is 4.69. The summed E-state index contributed by atoms with van der Waals surface area (Å²) in [7, 11) is 0. The van der Waals surface area contributed by atoms with Crippen molar-refractivity contribution in [3.05, 3.63) is 27.8 Å². The Bertz CT molecular complexity index is 691. The van der Waals surface area contributed by atoms with Crippen LogP contribution in [0.15, 0.2) is 17.2 Å². The second-order valence-electron chi connectivity index (χ2n) is 6.89. The van der Waals surface area contributed by atoms with Crippen molar-refractivity contribution in [1.29, 1.82) is 0 Å². The van der Waals surface area contributed by atoms with Gasteiger partial charge in [0, 0.05) is 6.42 Å². The molecule has 1 aromatic carbocycles. The third-order valence-electron chi connectivity index (χ3n) is 4.62. The van der Waals surface area contributed by atoms with Crippen LogP contribution in [0.5, 0.6) is 11.5 Å². The van der Waals surface area contributed by atoms with E-state index in [4.69, 9.17) is 9.47 Å². The zero-order valence-electron chi connectivity index (χ0n) is 16.4. The Morgan fingerprint density at radius 3 is 2.36 bits per heavy atom. The molecule has 1 amide bonds. The molecule has 0 atom stereocenters. The number of hydrogen-bond donors (Lipinski definition) is 1. The molecule has 28 heavy (non-hydrogen) atoms. The summed E-state index contributed by atoms with van der Waals surface area (Å²) in [6, 6.07) is 2.78. The van der Waals surface area contributed by atoms with Crippen molar-refractivity contribution < 1.29 is 19.2 Å². The van der Waals surface area contributed by atoms with E-state index in [0.29, 0.717) is 17.9 Å². The highest BCUT2D eigenvalue weighted by Crippen LogP contribution is 2.37. The zero-order chi connectivity index (χ0) is 20.2. The normalized spacial score (nSPS) is 12.5. The number of carbonyl (C=O) groups is 1. The van der Waals surface area contributed by atoms with Crippen molar-refractivity contribution in [3.8, 4) is 11.5 Å². The number of amides is 1. The SMILES string of the molecule is CCCCCCCCCCCC(=O)NN=Cc1cc2c(cc1[N+](=O)[O-])OCO2. The Morgan fingerprint density at radius 2 is 1.71 bits per heavy atom. The van der Waals surface area contributed by atoms with E-state index in [1.54, 1.807) is 0 Å². The minimum Gasteiger partial charge on any atom is -0.454 e. The molecular weight excluding hydrogens is 362 g/mol. The van der Waals surface area contributed by atoms with Gasteiger partial charge in [-0.05, 0) is 12.5 Å². The topological polar surface area (TPSA) is 103 Å². The Labute approximate surface area is 165 Å². The van der Waals surface area contributed by atoms with Gasteiger partial charge in [-0.15, -0.1) is 0 Å². The number of nitro groups is 1. The van der Waals surface area contributed by atoms with Gasteiger partial charge in [-0.2, -0.15) is 5.10 Å². The minimum absolute atomic E-state index is 0.0303. The molecule has 0 spiro atoms. The molecule has 0 fully saturated rings. The molecule has 154 valence electrons. The van der Waals surface area contributed by atoms with E-state index in [2.05, 4.69) is 17.5 Å². The number of unbranched alkanes of at least 4 members (excludes halogenated alkanes) is 8. The smallest absolute Gasteiger partial charge is 0.282 e. The lowest BCUT2D eigenvalue weighted by Crippen LogP contribution is -2.17. The number of benzene rings is 1. The van der Waals surface area contributed by atoms with Crippen LogP contribution in [0.2, 0.25) is 0 Å². The summed E-state index contributed by atoms with van der Waals surface area (Å²) < 4.78 is 10.4. The Kier molecular flexibility index (Phi) is 9.24. The molecule has 8 nitrogen and oxygen atoms in total. The molecule has 0 aromatic heterocycles. The van der Waals surface area contributed by atoms with Crippen LogP contribution in [0, 0.1) is 10.1 Å². The maximum atomic E-state index is 11.8. The van der Waals surface area contributed by atoms with Gasteiger partial charge in [-0.3, -0.25) is 14.9 Å². The summed E-state index contributed by atoms with van der Waals surface area (Å²) >= 11 is 0. The Hall–Kier alpha value is -2.64. The number of hydrogen-bond acceptors (Lipinski definition) is 6. The van der Waals surface area contributed by atoms with Crippen LogP contribution in [0.3, 0.4) is 0 Å². The summed E-state index contributed by atoms with van der Waals surface area (Å²) in [5.74, 6) is 0.564. The molecule has 0 radical (unpaired) electrons. The van der Waals surface area contributed by atoms with Gasteiger partial charge >= 0.3 is 0 Å². The lowest BCUT2D eigenvalue weighted by Gasteiger charge is -2.03. The van der Waals surface area contributed by atoms with E-state index in [1.165, 1.54) is 56.9 Å². The first-order valence-electron chi connectivity index (χ1n) is 10.0. The molecule has 8 heteroatoms. The van der Waals surface area contributed by atoms with Crippen LogP contribution < -0.4 is 14.9 Å². The van der Waals surface area contributed by atoms with Crippen molar-refractivity contribution >= 4 is 17.8 Å². The van der Waals surface area contributed by atoms with Crippen molar-refractivity contribution in [2.75, 3.05) is 6.79 Å². The van der Waals surface area contributed by atoms with Gasteiger partial charge in [-0.1, -0.05) is 58.3 Å². The average Bonchev–Trinajstić information content (AvgIpc) is 3.13. The number of rotatable bonds is 13. The first-order valence-corrected chi connectivity index (χ1v) is 10.0. The Balaban J connectivity index is 1.67. The number of hydrazone groups is 1. The number of ether oxygens (including phenoxy) is 2. The fourth-order valence-corrected chi connectivity index (χ4v) is 3.03. The maximum Gasteiger partial charge on any atom is 0.282 e. The van der Waals surface area contributed by atoms with Gasteiger partial charge in [0.25, 0.3) is 5.69 Å². The summed E-state index contributed by atoms with van der Waals surface area (Å²) in [4.78, 5) is 22.5. The van der Waals surface area contributed by atoms with Crippen molar-refractivity contribution in [3.63, 3.8) is 0 Å². The van der Waals surface area contributed by atoms with Crippen molar-refractivity contribution in [1.82, 2.24) is 5.43 Å². The molecule has 1 heterocycles. The molecule has 1 N–H and O–H groups in total. The standard InChI is InChI=1S/C20H29N3O5/c1-2-3-4-5-6-7-8-9-10-11-20(24)22-21-14-16-12-18-19(28-15-27-18)13-17(16)23(25)26/h12-14H,2-11,15H2,1H3,(H,22,24). The minimum atomic E-state index is -0.520. The quantitative estimate of drug-likeness (QED) is 0.227. The van der Waals surface area contributed by atoms with Crippen LogP contribution in [-0.4, -0.2) is 23.8 Å².